The van der Waals surface area contributed by atoms with Crippen molar-refractivity contribution in [2.24, 2.45) is 0 Å². The number of halogens is 6. The summed E-state index contributed by atoms with van der Waals surface area (Å²) in [6.07, 6.45) is -7.03. The molecule has 0 aromatic carbocycles. The Morgan fingerprint density at radius 3 is 2.24 bits per heavy atom. The van der Waals surface area contributed by atoms with Crippen LogP contribution >= 0.6 is 11.9 Å². The third-order valence-corrected chi connectivity index (χ3v) is 5.66. The topological polar surface area (TPSA) is 96.5 Å². The van der Waals surface area contributed by atoms with Crippen LogP contribution in [0.25, 0.3) is 0 Å². The molecule has 1 saturated heterocycles. The van der Waals surface area contributed by atoms with Gasteiger partial charge in [-0.15, -0.1) is 0 Å². The zero-order valence-corrected chi connectivity index (χ0v) is 18.3. The SMILES string of the molecule is O=c1[nH]ncc(OCCOCCSN2CCN(c3ncc(C(F)(F)F)cn3)CC2)c1C(F)(F)F. The van der Waals surface area contributed by atoms with Crippen molar-refractivity contribution in [3.8, 4) is 5.75 Å². The molecule has 16 heteroatoms. The van der Waals surface area contributed by atoms with Gasteiger partial charge in [0.15, 0.2) is 11.3 Å². The summed E-state index contributed by atoms with van der Waals surface area (Å²) >= 11 is 1.51. The lowest BCUT2D eigenvalue weighted by molar-refractivity contribution is -0.140. The predicted molar refractivity (Wildman–Crippen MR) is 109 cm³/mol. The van der Waals surface area contributed by atoms with Crippen LogP contribution in [0.4, 0.5) is 32.3 Å². The Labute approximate surface area is 193 Å². The first-order chi connectivity index (χ1) is 16.1. The predicted octanol–water partition coefficient (Wildman–Crippen LogP) is 2.46. The molecule has 0 bridgehead atoms. The average molecular weight is 514 g/mol. The van der Waals surface area contributed by atoms with E-state index in [1.165, 1.54) is 11.9 Å². The van der Waals surface area contributed by atoms with Gasteiger partial charge in [-0.1, -0.05) is 11.9 Å². The lowest BCUT2D eigenvalue weighted by Gasteiger charge is -2.33. The fourth-order valence-electron chi connectivity index (χ4n) is 2.95. The molecule has 1 N–H and O–H groups in total. The first kappa shape index (κ1) is 26.0. The summed E-state index contributed by atoms with van der Waals surface area (Å²) in [5.74, 6) is 0.159. The number of ether oxygens (including phenoxy) is 2. The summed E-state index contributed by atoms with van der Waals surface area (Å²) in [6, 6.07) is 0. The maximum Gasteiger partial charge on any atom is 0.425 e. The minimum absolute atomic E-state index is 0.0176. The van der Waals surface area contributed by atoms with Crippen LogP contribution < -0.4 is 15.2 Å². The van der Waals surface area contributed by atoms with Crippen LogP contribution in [-0.2, 0) is 17.1 Å². The maximum absolute atomic E-state index is 12.9. The van der Waals surface area contributed by atoms with Gasteiger partial charge in [-0.05, 0) is 0 Å². The van der Waals surface area contributed by atoms with Crippen LogP contribution in [0.15, 0.2) is 23.4 Å². The fourth-order valence-corrected chi connectivity index (χ4v) is 3.82. The number of hydrogen-bond donors (Lipinski definition) is 1. The van der Waals surface area contributed by atoms with E-state index >= 15 is 0 Å². The monoisotopic (exact) mass is 514 g/mol. The van der Waals surface area contributed by atoms with Gasteiger partial charge < -0.3 is 14.4 Å². The molecule has 0 amide bonds. The Bertz CT molecular complexity index is 980. The molecule has 3 rings (SSSR count). The van der Waals surface area contributed by atoms with Crippen LogP contribution in [0.5, 0.6) is 5.75 Å². The smallest absolute Gasteiger partial charge is 0.425 e. The fraction of sp³-hybridized carbons (Fsp3) is 0.556. The summed E-state index contributed by atoms with van der Waals surface area (Å²) in [7, 11) is 0. The highest BCUT2D eigenvalue weighted by Gasteiger charge is 2.38. The lowest BCUT2D eigenvalue weighted by Crippen LogP contribution is -2.44. The number of piperazine rings is 1. The van der Waals surface area contributed by atoms with Gasteiger partial charge >= 0.3 is 12.4 Å². The van der Waals surface area contributed by atoms with Gasteiger partial charge in [-0.2, -0.15) is 31.4 Å². The number of hydrogen-bond acceptors (Lipinski definition) is 9. The van der Waals surface area contributed by atoms with E-state index in [0.29, 0.717) is 38.5 Å². The number of H-pyrrole nitrogens is 1. The molecule has 2 aromatic heterocycles. The Morgan fingerprint density at radius 2 is 1.62 bits per heavy atom. The summed E-state index contributed by atoms with van der Waals surface area (Å²) in [5.41, 5.74) is -3.73. The second-order valence-electron chi connectivity index (χ2n) is 6.92. The van der Waals surface area contributed by atoms with E-state index < -0.39 is 34.8 Å². The normalized spacial score (nSPS) is 15.5. The zero-order valence-electron chi connectivity index (χ0n) is 17.5. The molecule has 1 aliphatic rings. The van der Waals surface area contributed by atoms with Crippen LogP contribution in [0.3, 0.4) is 0 Å². The van der Waals surface area contributed by atoms with Crippen molar-refractivity contribution in [3.63, 3.8) is 0 Å². The third kappa shape index (κ3) is 7.20. The van der Waals surface area contributed by atoms with Crippen LogP contribution in [0.1, 0.15) is 11.1 Å². The summed E-state index contributed by atoms with van der Waals surface area (Å²) in [6.45, 7) is 2.49. The van der Waals surface area contributed by atoms with Crippen LogP contribution in [0.2, 0.25) is 0 Å². The molecule has 34 heavy (non-hydrogen) atoms. The highest BCUT2D eigenvalue weighted by atomic mass is 32.2. The van der Waals surface area contributed by atoms with Gasteiger partial charge in [0.25, 0.3) is 5.56 Å². The molecule has 3 heterocycles. The van der Waals surface area contributed by atoms with E-state index in [-0.39, 0.29) is 19.2 Å². The van der Waals surface area contributed by atoms with E-state index in [0.717, 1.165) is 18.6 Å². The van der Waals surface area contributed by atoms with E-state index in [4.69, 9.17) is 9.47 Å². The molecule has 0 saturated carbocycles. The molecule has 188 valence electrons. The number of rotatable bonds is 9. The van der Waals surface area contributed by atoms with E-state index in [9.17, 15) is 31.1 Å². The van der Waals surface area contributed by atoms with Gasteiger partial charge in [0.1, 0.15) is 6.61 Å². The first-order valence-corrected chi connectivity index (χ1v) is 10.9. The highest BCUT2D eigenvalue weighted by Crippen LogP contribution is 2.32. The third-order valence-electron chi connectivity index (χ3n) is 4.58. The van der Waals surface area contributed by atoms with Gasteiger partial charge in [0.2, 0.25) is 5.95 Å². The lowest BCUT2D eigenvalue weighted by atomic mass is 10.3. The van der Waals surface area contributed by atoms with E-state index in [1.807, 2.05) is 0 Å². The molecule has 2 aromatic rings. The van der Waals surface area contributed by atoms with Crippen molar-refractivity contribution in [2.45, 2.75) is 12.4 Å². The highest BCUT2D eigenvalue weighted by molar-refractivity contribution is 7.97. The summed E-state index contributed by atoms with van der Waals surface area (Å²) in [5, 5.41) is 5.03. The van der Waals surface area contributed by atoms with Gasteiger partial charge in [0, 0.05) is 44.3 Å². The number of anilines is 1. The van der Waals surface area contributed by atoms with Crippen molar-refractivity contribution in [3.05, 3.63) is 40.1 Å². The van der Waals surface area contributed by atoms with Crippen LogP contribution in [0, 0.1) is 0 Å². The molecule has 0 unspecified atom stereocenters. The van der Waals surface area contributed by atoms with Crippen molar-refractivity contribution in [1.29, 1.82) is 0 Å². The second kappa shape index (κ2) is 11.2. The van der Waals surface area contributed by atoms with Crippen LogP contribution in [-0.4, -0.2) is 76.2 Å². The standard InChI is InChI=1S/C18H20F6N6O3S/c19-17(20,21)12-9-25-16(26-10-12)29-1-3-30(4-2-29)34-8-7-32-5-6-33-13-11-27-28-15(31)14(13)18(22,23)24/h9-11H,1-8H2,(H,28,31). The van der Waals surface area contributed by atoms with E-state index in [1.54, 1.807) is 10.00 Å². The van der Waals surface area contributed by atoms with Crippen molar-refractivity contribution in [1.82, 2.24) is 24.5 Å². The molecule has 0 aliphatic carbocycles. The molecule has 0 atom stereocenters. The number of nitrogens with zero attached hydrogens (tertiary/aromatic N) is 5. The Kier molecular flexibility index (Phi) is 8.59. The first-order valence-electron chi connectivity index (χ1n) is 9.93. The Balaban J connectivity index is 1.31. The van der Waals surface area contributed by atoms with Crippen molar-refractivity contribution in [2.75, 3.05) is 56.7 Å². The summed E-state index contributed by atoms with van der Waals surface area (Å²) in [4.78, 5) is 20.7. The molecule has 9 nitrogen and oxygen atoms in total. The molecular formula is C18H20F6N6O3S. The molecule has 0 radical (unpaired) electrons. The van der Waals surface area contributed by atoms with Crippen molar-refractivity contribution < 1.29 is 35.8 Å². The summed E-state index contributed by atoms with van der Waals surface area (Å²) < 4.78 is 89.0. The van der Waals surface area contributed by atoms with Gasteiger partial charge in [-0.3, -0.25) is 4.79 Å². The minimum Gasteiger partial charge on any atom is -0.489 e. The second-order valence-corrected chi connectivity index (χ2v) is 8.10. The number of alkyl halides is 6. The number of aromatic amines is 1. The molecule has 0 spiro atoms. The van der Waals surface area contributed by atoms with Gasteiger partial charge in [0.05, 0.1) is 25.0 Å². The Morgan fingerprint density at radius 1 is 0.941 bits per heavy atom. The molecule has 1 aliphatic heterocycles. The molecular weight excluding hydrogens is 494 g/mol. The maximum atomic E-state index is 12.9. The number of aromatic nitrogens is 4. The molecule has 1 fully saturated rings. The zero-order chi connectivity index (χ0) is 24.8. The Hall–Kier alpha value is -2.59. The largest absolute Gasteiger partial charge is 0.489 e. The minimum atomic E-state index is -4.87. The quantitative estimate of drug-likeness (QED) is 0.308. The average Bonchev–Trinajstić information content (AvgIpc) is 2.77. The number of nitrogens with one attached hydrogen (secondary N) is 1. The van der Waals surface area contributed by atoms with E-state index in [2.05, 4.69) is 19.4 Å². The van der Waals surface area contributed by atoms with Crippen molar-refractivity contribution >= 4 is 17.9 Å². The van der Waals surface area contributed by atoms with Gasteiger partial charge in [-0.25, -0.2) is 19.4 Å².